The molecular weight excluding hydrogens is 220 g/mol. The molecule has 0 radical (unpaired) electrons. The molecule has 0 spiro atoms. The van der Waals surface area contributed by atoms with Gasteiger partial charge in [-0.25, -0.2) is 0 Å². The Morgan fingerprint density at radius 2 is 1.56 bits per heavy atom. The van der Waals surface area contributed by atoms with Gasteiger partial charge < -0.3 is 0 Å². The molecule has 1 heteroatoms. The molecule has 0 N–H and O–H groups in total. The van der Waals surface area contributed by atoms with Crippen LogP contribution in [0.4, 0.5) is 0 Å². The first-order valence-electron chi connectivity index (χ1n) is 6.97. The first-order chi connectivity index (χ1) is 8.86. The second kappa shape index (κ2) is 7.01. The Labute approximate surface area is 110 Å². The van der Waals surface area contributed by atoms with E-state index in [1.54, 1.807) is 0 Å². The summed E-state index contributed by atoms with van der Waals surface area (Å²) >= 11 is 0. The third-order valence-corrected chi connectivity index (χ3v) is 3.58. The van der Waals surface area contributed by atoms with Crippen LogP contribution in [0.2, 0.25) is 0 Å². The molecule has 18 heavy (non-hydrogen) atoms. The summed E-state index contributed by atoms with van der Waals surface area (Å²) in [6.45, 7) is 0. The molecule has 1 aromatic rings. The van der Waals surface area contributed by atoms with Crippen molar-refractivity contribution in [3.63, 3.8) is 0 Å². The number of benzene rings is 1. The first-order valence-corrected chi connectivity index (χ1v) is 6.97. The molecule has 0 bridgehead atoms. The SMILES string of the molecule is O=C(C#Cc1ccccc1)C1CCCCCCC1. The lowest BCUT2D eigenvalue weighted by Crippen LogP contribution is -2.14. The van der Waals surface area contributed by atoms with Gasteiger partial charge in [-0.1, -0.05) is 56.2 Å². The van der Waals surface area contributed by atoms with Gasteiger partial charge in [0.05, 0.1) is 0 Å². The van der Waals surface area contributed by atoms with Crippen molar-refractivity contribution in [3.05, 3.63) is 35.9 Å². The molecule has 0 aliphatic heterocycles. The quantitative estimate of drug-likeness (QED) is 0.679. The van der Waals surface area contributed by atoms with E-state index in [2.05, 4.69) is 11.8 Å². The Bertz CT molecular complexity index is 428. The van der Waals surface area contributed by atoms with Crippen LogP contribution in [0, 0.1) is 17.8 Å². The lowest BCUT2D eigenvalue weighted by atomic mass is 9.88. The van der Waals surface area contributed by atoms with E-state index in [1.807, 2.05) is 30.3 Å². The molecule has 0 saturated heterocycles. The Kier molecular flexibility index (Phi) is 5.02. The van der Waals surface area contributed by atoms with Crippen LogP contribution in [0.25, 0.3) is 0 Å². The predicted molar refractivity (Wildman–Crippen MR) is 74.1 cm³/mol. The van der Waals surface area contributed by atoms with Crippen molar-refractivity contribution < 1.29 is 4.79 Å². The third-order valence-electron chi connectivity index (χ3n) is 3.58. The molecule has 2 rings (SSSR count). The van der Waals surface area contributed by atoms with Gasteiger partial charge in [0.2, 0.25) is 5.78 Å². The molecule has 0 atom stereocenters. The smallest absolute Gasteiger partial charge is 0.208 e. The molecule has 1 saturated carbocycles. The maximum absolute atomic E-state index is 12.1. The van der Waals surface area contributed by atoms with Crippen LogP contribution in [-0.4, -0.2) is 5.78 Å². The number of hydrogen-bond donors (Lipinski definition) is 0. The minimum atomic E-state index is 0.140. The Morgan fingerprint density at radius 1 is 0.944 bits per heavy atom. The van der Waals surface area contributed by atoms with Crippen molar-refractivity contribution in [2.24, 2.45) is 5.92 Å². The van der Waals surface area contributed by atoms with E-state index in [0.29, 0.717) is 0 Å². The zero-order valence-electron chi connectivity index (χ0n) is 10.8. The average molecular weight is 240 g/mol. The van der Waals surface area contributed by atoms with Crippen LogP contribution >= 0.6 is 0 Å². The number of hydrogen-bond acceptors (Lipinski definition) is 1. The summed E-state index contributed by atoms with van der Waals surface area (Å²) in [5.41, 5.74) is 0.927. The highest BCUT2D eigenvalue weighted by Crippen LogP contribution is 2.22. The molecule has 1 nitrogen and oxygen atoms in total. The minimum Gasteiger partial charge on any atom is -0.285 e. The maximum atomic E-state index is 12.1. The van der Waals surface area contributed by atoms with Crippen LogP contribution in [-0.2, 0) is 4.79 Å². The number of carbonyl (C=O) groups excluding carboxylic acids is 1. The van der Waals surface area contributed by atoms with Gasteiger partial charge in [-0.3, -0.25) is 4.79 Å². The van der Waals surface area contributed by atoms with E-state index in [4.69, 9.17) is 0 Å². The fraction of sp³-hybridized carbons (Fsp3) is 0.471. The van der Waals surface area contributed by atoms with E-state index in [1.165, 1.54) is 32.1 Å². The second-order valence-electron chi connectivity index (χ2n) is 5.02. The molecule has 94 valence electrons. The number of rotatable bonds is 1. The summed E-state index contributed by atoms with van der Waals surface area (Å²) in [6, 6.07) is 9.74. The molecular formula is C17H20O. The number of ketones is 1. The van der Waals surface area contributed by atoms with Crippen LogP contribution < -0.4 is 0 Å². The molecule has 0 heterocycles. The van der Waals surface area contributed by atoms with E-state index in [-0.39, 0.29) is 11.7 Å². The summed E-state index contributed by atoms with van der Waals surface area (Å²) in [7, 11) is 0. The predicted octanol–water partition coefficient (Wildman–Crippen LogP) is 3.97. The number of Topliss-reactive ketones (excluding diaryl/α,β-unsaturated/α-hetero) is 1. The van der Waals surface area contributed by atoms with Gasteiger partial charge in [-0.15, -0.1) is 0 Å². The molecule has 1 aromatic carbocycles. The van der Waals surface area contributed by atoms with Crippen LogP contribution in [0.3, 0.4) is 0 Å². The van der Waals surface area contributed by atoms with Gasteiger partial charge in [0.1, 0.15) is 0 Å². The van der Waals surface area contributed by atoms with Crippen molar-refractivity contribution in [1.29, 1.82) is 0 Å². The van der Waals surface area contributed by atoms with Gasteiger partial charge in [0, 0.05) is 11.5 Å². The zero-order valence-corrected chi connectivity index (χ0v) is 10.8. The van der Waals surface area contributed by atoms with E-state index in [9.17, 15) is 4.79 Å². The topological polar surface area (TPSA) is 17.1 Å². The molecule has 0 amide bonds. The van der Waals surface area contributed by atoms with Crippen molar-refractivity contribution in [1.82, 2.24) is 0 Å². The van der Waals surface area contributed by atoms with Crippen molar-refractivity contribution in [2.75, 3.05) is 0 Å². The summed E-state index contributed by atoms with van der Waals surface area (Å²) in [5.74, 6) is 6.13. The molecule has 0 aromatic heterocycles. The average Bonchev–Trinajstić information content (AvgIpc) is 2.37. The van der Waals surface area contributed by atoms with Gasteiger partial charge >= 0.3 is 0 Å². The van der Waals surface area contributed by atoms with Crippen LogP contribution in [0.15, 0.2) is 30.3 Å². The van der Waals surface area contributed by atoms with Crippen molar-refractivity contribution in [2.45, 2.75) is 44.9 Å². The van der Waals surface area contributed by atoms with E-state index in [0.717, 1.165) is 18.4 Å². The van der Waals surface area contributed by atoms with Gasteiger partial charge in [0.25, 0.3) is 0 Å². The monoisotopic (exact) mass is 240 g/mol. The number of carbonyl (C=O) groups is 1. The fourth-order valence-electron chi connectivity index (χ4n) is 2.48. The van der Waals surface area contributed by atoms with Crippen molar-refractivity contribution >= 4 is 5.78 Å². The molecule has 1 fully saturated rings. The maximum Gasteiger partial charge on any atom is 0.208 e. The normalized spacial score (nSPS) is 17.1. The highest BCUT2D eigenvalue weighted by molar-refractivity contribution is 5.97. The summed E-state index contributed by atoms with van der Waals surface area (Å²) in [6.07, 6.45) is 8.31. The Hall–Kier alpha value is -1.55. The molecule has 0 unspecified atom stereocenters. The zero-order chi connectivity index (χ0) is 12.6. The van der Waals surface area contributed by atoms with E-state index >= 15 is 0 Å². The Morgan fingerprint density at radius 3 is 2.22 bits per heavy atom. The summed E-state index contributed by atoms with van der Waals surface area (Å²) in [5, 5.41) is 0. The summed E-state index contributed by atoms with van der Waals surface area (Å²) in [4.78, 5) is 12.1. The van der Waals surface area contributed by atoms with Crippen LogP contribution in [0.1, 0.15) is 50.5 Å². The second-order valence-corrected chi connectivity index (χ2v) is 5.02. The van der Waals surface area contributed by atoms with Gasteiger partial charge in [-0.05, 0) is 30.9 Å². The molecule has 1 aliphatic rings. The Balaban J connectivity index is 1.96. The largest absolute Gasteiger partial charge is 0.285 e. The van der Waals surface area contributed by atoms with Gasteiger partial charge in [-0.2, -0.15) is 0 Å². The lowest BCUT2D eigenvalue weighted by Gasteiger charge is -2.15. The third kappa shape index (κ3) is 4.04. The minimum absolute atomic E-state index is 0.140. The van der Waals surface area contributed by atoms with Crippen LogP contribution in [0.5, 0.6) is 0 Å². The summed E-state index contributed by atoms with van der Waals surface area (Å²) < 4.78 is 0. The highest BCUT2D eigenvalue weighted by Gasteiger charge is 2.17. The van der Waals surface area contributed by atoms with Gasteiger partial charge in [0.15, 0.2) is 0 Å². The first kappa shape index (κ1) is 12.9. The van der Waals surface area contributed by atoms with E-state index < -0.39 is 0 Å². The van der Waals surface area contributed by atoms with Crippen molar-refractivity contribution in [3.8, 4) is 11.8 Å². The molecule has 1 aliphatic carbocycles. The fourth-order valence-corrected chi connectivity index (χ4v) is 2.48. The highest BCUT2D eigenvalue weighted by atomic mass is 16.1. The standard InChI is InChI=1S/C17H20O/c18-17(14-13-15-9-5-4-6-10-15)16-11-7-2-1-3-8-12-16/h4-6,9-10,16H,1-3,7-8,11-12H2. The lowest BCUT2D eigenvalue weighted by molar-refractivity contribution is -0.117.